The van der Waals surface area contributed by atoms with Crippen LogP contribution in [0.5, 0.6) is 0 Å². The van der Waals surface area contributed by atoms with Crippen molar-refractivity contribution in [3.05, 3.63) is 558 Å². The van der Waals surface area contributed by atoms with Gasteiger partial charge in [-0.25, -0.2) is 0 Å². The average Bonchev–Trinajstić information content (AvgIpc) is 1.66. The third-order valence-corrected chi connectivity index (χ3v) is 28.5. The van der Waals surface area contributed by atoms with Gasteiger partial charge in [-0.1, -0.05) is 340 Å². The summed E-state index contributed by atoms with van der Waals surface area (Å²) in [5, 5.41) is 22.8. The zero-order valence-corrected chi connectivity index (χ0v) is 77.8. The summed E-state index contributed by atoms with van der Waals surface area (Å²) < 4.78 is 4.74. The first-order chi connectivity index (χ1) is 70.4. The van der Waals surface area contributed by atoms with Crippen LogP contribution in [0.1, 0.15) is 0 Å². The minimum Gasteiger partial charge on any atom is -0.311 e. The zero-order valence-electron chi connectivity index (χ0n) is 77.8. The fourth-order valence-corrected chi connectivity index (χ4v) is 21.7. The van der Waals surface area contributed by atoms with Crippen molar-refractivity contribution in [3.63, 3.8) is 0 Å². The Morgan fingerprint density at radius 2 is 0.303 bits per heavy atom. The van der Waals surface area contributed by atoms with Gasteiger partial charge in [0, 0.05) is 101 Å². The van der Waals surface area contributed by atoms with Crippen LogP contribution in [0, 0.1) is 0 Å². The van der Waals surface area contributed by atoms with Gasteiger partial charge < -0.3 is 28.7 Å². The first-order valence-corrected chi connectivity index (χ1v) is 48.7. The summed E-state index contributed by atoms with van der Waals surface area (Å²) in [6.45, 7) is 0. The van der Waals surface area contributed by atoms with Crippen LogP contribution < -0.4 is 19.6 Å². The standard InChI is InChI=1S/C70H47N3.C66H45N3/c1-3-17-54(18-4-1)72(60-38-31-48-15-7-8-16-51(48)45-60)59-41-39-58(40-42-59)71(56-34-27-49(28-35-56)52-32-43-65-63-23-10-9-21-61(63)62-22-11-12-24-64(62)67(65)46-52)57-36-29-50(30-37-57)53-33-44-70-68(47-53)66-25-13-14-26-69(66)73(70)55-19-5-2-6-20-55;1-4-16-50(17-5-1)67(51-18-6-2-7-19-51)55-38-40-56(41-39-55)68(53-34-28-46(29-35-53)48-32-42-61-59-24-11-10-22-57(59)58-23-12-13-25-60(58)63(61)44-48)54-36-30-47(31-37-54)49-33-43-66-64(45-49)62-26-14-15-27-65(62)69(66)52-20-8-3-9-21-52/h1-47H;1-45H. The Bertz CT molecular complexity index is 9310. The SMILES string of the molecule is c1ccc(N(c2ccc(N(c3ccc(-c4ccc5c6ccccc6c6ccccc6c5c4)cc3)c3ccc(-c4ccc5c(c4)c4ccccc4n5-c4ccccc4)cc3)cc2)c2ccc3ccccc3c2)cc1.c1ccc(N(c2ccccc2)c2ccc(N(c3ccc(-c4ccc5c6ccccc6c6ccccc6c5c4)cc3)c3ccc(-c4ccc5c(c4)c4ccccc4n5-c4ccccc4)cc3)cc2)cc1. The molecule has 142 heavy (non-hydrogen) atoms. The number of nitrogens with zero attached hydrogens (tertiary/aromatic N) is 6. The minimum absolute atomic E-state index is 1.06. The molecule has 0 N–H and O–H groups in total. The van der Waals surface area contributed by atoms with E-state index in [9.17, 15) is 0 Å². The lowest BCUT2D eigenvalue weighted by atomic mass is 9.92. The molecule has 27 rings (SSSR count). The molecule has 0 unspecified atom stereocenters. The number of rotatable bonds is 18. The number of hydrogen-bond acceptors (Lipinski definition) is 4. The fourth-order valence-electron chi connectivity index (χ4n) is 21.7. The highest BCUT2D eigenvalue weighted by atomic mass is 15.2. The monoisotopic (exact) mass is 1810 g/mol. The summed E-state index contributed by atoms with van der Waals surface area (Å²) in [4.78, 5) is 9.38. The molecule has 0 atom stereocenters. The molecule has 0 aliphatic carbocycles. The second kappa shape index (κ2) is 36.0. The van der Waals surface area contributed by atoms with Crippen molar-refractivity contribution in [1.82, 2.24) is 9.13 Å². The van der Waals surface area contributed by atoms with Gasteiger partial charge in [0.25, 0.3) is 0 Å². The highest BCUT2D eigenvalue weighted by Gasteiger charge is 2.24. The van der Waals surface area contributed by atoms with Crippen molar-refractivity contribution in [2.75, 3.05) is 19.6 Å². The van der Waals surface area contributed by atoms with Crippen LogP contribution >= 0.6 is 0 Å². The van der Waals surface area contributed by atoms with Gasteiger partial charge >= 0.3 is 0 Å². The van der Waals surface area contributed by atoms with Gasteiger partial charge in [0.15, 0.2) is 0 Å². The number of fused-ring (bicyclic) bond motifs is 19. The minimum atomic E-state index is 1.06. The van der Waals surface area contributed by atoms with Crippen LogP contribution in [0.3, 0.4) is 0 Å². The molecule has 0 radical (unpaired) electrons. The maximum absolute atomic E-state index is 2.37. The molecule has 0 bridgehead atoms. The van der Waals surface area contributed by atoms with E-state index in [2.05, 4.69) is 587 Å². The highest BCUT2D eigenvalue weighted by molar-refractivity contribution is 6.27. The maximum atomic E-state index is 2.37. The second-order valence-corrected chi connectivity index (χ2v) is 36.6. The number of aromatic nitrogens is 2. The van der Waals surface area contributed by atoms with Crippen molar-refractivity contribution >= 4 is 187 Å². The molecule has 2 aromatic heterocycles. The lowest BCUT2D eigenvalue weighted by Crippen LogP contribution is -2.12. The normalized spacial score (nSPS) is 11.5. The number of anilines is 12. The topological polar surface area (TPSA) is 22.8 Å². The van der Waals surface area contributed by atoms with Crippen molar-refractivity contribution in [2.24, 2.45) is 0 Å². The van der Waals surface area contributed by atoms with Crippen molar-refractivity contribution < 1.29 is 0 Å². The van der Waals surface area contributed by atoms with Crippen LogP contribution in [0.4, 0.5) is 68.2 Å². The molecule has 25 aromatic carbocycles. The average molecular weight is 1810 g/mol. The Morgan fingerprint density at radius 3 is 0.613 bits per heavy atom. The van der Waals surface area contributed by atoms with Gasteiger partial charge in [-0.2, -0.15) is 0 Å². The summed E-state index contributed by atoms with van der Waals surface area (Å²) in [6.07, 6.45) is 0. The van der Waals surface area contributed by atoms with Crippen molar-refractivity contribution in [3.8, 4) is 55.9 Å². The second-order valence-electron chi connectivity index (χ2n) is 36.6. The summed E-state index contributed by atoms with van der Waals surface area (Å²) in [7, 11) is 0. The molecule has 0 spiro atoms. The maximum Gasteiger partial charge on any atom is 0.0541 e. The third kappa shape index (κ3) is 15.2. The molecule has 0 saturated heterocycles. The van der Waals surface area contributed by atoms with Crippen LogP contribution in [-0.4, -0.2) is 9.13 Å². The Balaban J connectivity index is 0.000000146. The van der Waals surface area contributed by atoms with Crippen LogP contribution in [0.2, 0.25) is 0 Å². The molecule has 0 amide bonds. The molecule has 0 aliphatic rings. The first-order valence-electron chi connectivity index (χ1n) is 48.7. The fraction of sp³-hybridized carbons (Fsp3) is 0. The van der Waals surface area contributed by atoms with Crippen LogP contribution in [-0.2, 0) is 0 Å². The van der Waals surface area contributed by atoms with E-state index >= 15 is 0 Å². The van der Waals surface area contributed by atoms with E-state index in [-0.39, 0.29) is 0 Å². The van der Waals surface area contributed by atoms with Gasteiger partial charge in [-0.3, -0.25) is 0 Å². The van der Waals surface area contributed by atoms with E-state index in [1.165, 1.54) is 164 Å². The number of benzene rings is 25. The van der Waals surface area contributed by atoms with Gasteiger partial charge in [0.2, 0.25) is 0 Å². The van der Waals surface area contributed by atoms with E-state index in [1.807, 2.05) is 0 Å². The lowest BCUT2D eigenvalue weighted by molar-refractivity contribution is 1.18. The van der Waals surface area contributed by atoms with E-state index in [4.69, 9.17) is 0 Å². The molecule has 6 nitrogen and oxygen atoms in total. The lowest BCUT2D eigenvalue weighted by Gasteiger charge is -2.28. The molecular weight excluding hydrogens is 1720 g/mol. The van der Waals surface area contributed by atoms with Crippen LogP contribution in [0.15, 0.2) is 558 Å². The molecule has 27 aromatic rings. The molecule has 0 saturated carbocycles. The van der Waals surface area contributed by atoms with E-state index in [0.717, 1.165) is 79.6 Å². The predicted molar refractivity (Wildman–Crippen MR) is 605 cm³/mol. The molecule has 0 fully saturated rings. The Labute approximate surface area is 824 Å². The number of para-hydroxylation sites is 7. The van der Waals surface area contributed by atoms with Crippen LogP contribution in [0.25, 0.3) is 175 Å². The third-order valence-electron chi connectivity index (χ3n) is 28.5. The molecule has 6 heteroatoms. The largest absolute Gasteiger partial charge is 0.311 e. The summed E-state index contributed by atoms with van der Waals surface area (Å²) >= 11 is 0. The predicted octanol–water partition coefficient (Wildman–Crippen LogP) is 38.2. The highest BCUT2D eigenvalue weighted by Crippen LogP contribution is 2.48. The summed E-state index contributed by atoms with van der Waals surface area (Å²) in [5.41, 5.74) is 29.6. The Hall–Kier alpha value is -18.9. The van der Waals surface area contributed by atoms with Gasteiger partial charge in [0.1, 0.15) is 0 Å². The van der Waals surface area contributed by atoms with E-state index < -0.39 is 0 Å². The molecule has 666 valence electrons. The quantitative estimate of drug-likeness (QED) is 0.0799. The van der Waals surface area contributed by atoms with E-state index in [1.54, 1.807) is 0 Å². The van der Waals surface area contributed by atoms with E-state index in [0.29, 0.717) is 0 Å². The van der Waals surface area contributed by atoms with Crippen molar-refractivity contribution in [2.45, 2.75) is 0 Å². The molecule has 0 aliphatic heterocycles. The van der Waals surface area contributed by atoms with Gasteiger partial charge in [-0.05, 0) is 338 Å². The van der Waals surface area contributed by atoms with Gasteiger partial charge in [-0.15, -0.1) is 0 Å². The Kier molecular flexibility index (Phi) is 21.2. The molecule has 2 heterocycles. The van der Waals surface area contributed by atoms with Gasteiger partial charge in [0.05, 0.1) is 22.1 Å². The summed E-state index contributed by atoms with van der Waals surface area (Å²) in [6, 6.07) is 203. The van der Waals surface area contributed by atoms with Crippen molar-refractivity contribution in [1.29, 1.82) is 0 Å². The smallest absolute Gasteiger partial charge is 0.0541 e. The Morgan fingerprint density at radius 1 is 0.106 bits per heavy atom. The zero-order chi connectivity index (χ0) is 93.9. The molecular formula is C136H92N6. The summed E-state index contributed by atoms with van der Waals surface area (Å²) in [5.74, 6) is 0. The number of hydrogen-bond donors (Lipinski definition) is 0. The first kappa shape index (κ1) is 83.7.